The molecule has 1 N–H and O–H groups in total. The highest BCUT2D eigenvalue weighted by Gasteiger charge is 2.22. The molecule has 1 aliphatic rings. The standard InChI is InChI=1S/C23H25N5O4S2/c1-31-19-6-4-3-5-18(19)27-11-13-28(14-12-27)22-25-26-23(34-22)33-15-20(29)24-17-9-7-16(8-10-17)21(30)32-2/h3-10H,11-15H2,1-2H3,(H,24,29). The third-order valence-corrected chi connectivity index (χ3v) is 7.41. The van der Waals surface area contributed by atoms with E-state index in [2.05, 4.69) is 36.1 Å². The summed E-state index contributed by atoms with van der Waals surface area (Å²) in [6.07, 6.45) is 0. The quantitative estimate of drug-likeness (QED) is 0.369. The SMILES string of the molecule is COC(=O)c1ccc(NC(=O)CSc2nnc(N3CCN(c4ccccc4OC)CC3)s2)cc1. The van der Waals surface area contributed by atoms with Crippen molar-refractivity contribution in [1.29, 1.82) is 0 Å². The molecule has 2 aromatic carbocycles. The number of methoxy groups -OCH3 is 2. The van der Waals surface area contributed by atoms with Gasteiger partial charge in [0.05, 0.1) is 31.2 Å². The van der Waals surface area contributed by atoms with Crippen LogP contribution in [0.1, 0.15) is 10.4 Å². The van der Waals surface area contributed by atoms with Crippen molar-refractivity contribution in [3.05, 3.63) is 54.1 Å². The number of amides is 1. The zero-order valence-corrected chi connectivity index (χ0v) is 20.5. The molecule has 1 aromatic heterocycles. The topological polar surface area (TPSA) is 96.9 Å². The van der Waals surface area contributed by atoms with Crippen LogP contribution < -0.4 is 19.9 Å². The predicted molar refractivity (Wildman–Crippen MR) is 134 cm³/mol. The monoisotopic (exact) mass is 499 g/mol. The van der Waals surface area contributed by atoms with Crippen molar-refractivity contribution in [3.63, 3.8) is 0 Å². The second-order valence-corrected chi connectivity index (χ2v) is 9.58. The Morgan fingerprint density at radius 2 is 1.71 bits per heavy atom. The largest absolute Gasteiger partial charge is 0.495 e. The van der Waals surface area contributed by atoms with Crippen LogP contribution in [0, 0.1) is 0 Å². The predicted octanol–water partition coefficient (Wildman–Crippen LogP) is 3.39. The average Bonchev–Trinajstić information content (AvgIpc) is 3.36. The summed E-state index contributed by atoms with van der Waals surface area (Å²) in [7, 11) is 3.02. The van der Waals surface area contributed by atoms with Gasteiger partial charge in [0.25, 0.3) is 0 Å². The second kappa shape index (κ2) is 11.2. The summed E-state index contributed by atoms with van der Waals surface area (Å²) in [5.41, 5.74) is 2.15. The van der Waals surface area contributed by atoms with Crippen LogP contribution in [0.4, 0.5) is 16.5 Å². The maximum Gasteiger partial charge on any atom is 0.337 e. The zero-order valence-electron chi connectivity index (χ0n) is 18.9. The minimum atomic E-state index is -0.415. The summed E-state index contributed by atoms with van der Waals surface area (Å²) in [6.45, 7) is 3.39. The number of thioether (sulfide) groups is 1. The van der Waals surface area contributed by atoms with Crippen molar-refractivity contribution >= 4 is 51.5 Å². The van der Waals surface area contributed by atoms with Crippen LogP contribution in [0.2, 0.25) is 0 Å². The fourth-order valence-corrected chi connectivity index (χ4v) is 5.24. The highest BCUT2D eigenvalue weighted by molar-refractivity contribution is 8.01. The number of aromatic nitrogens is 2. The van der Waals surface area contributed by atoms with Gasteiger partial charge in [0, 0.05) is 31.9 Å². The van der Waals surface area contributed by atoms with Gasteiger partial charge >= 0.3 is 5.97 Å². The summed E-state index contributed by atoms with van der Waals surface area (Å²) in [5.74, 6) is 0.526. The number of piperazine rings is 1. The lowest BCUT2D eigenvalue weighted by molar-refractivity contribution is -0.113. The van der Waals surface area contributed by atoms with Gasteiger partial charge in [0.15, 0.2) is 4.34 Å². The van der Waals surface area contributed by atoms with E-state index in [0.29, 0.717) is 11.3 Å². The molecule has 0 atom stereocenters. The van der Waals surface area contributed by atoms with Crippen molar-refractivity contribution in [1.82, 2.24) is 10.2 Å². The molecular weight excluding hydrogens is 474 g/mol. The number of rotatable bonds is 8. The first-order chi connectivity index (χ1) is 16.6. The number of nitrogens with zero attached hydrogens (tertiary/aromatic N) is 4. The summed E-state index contributed by atoms with van der Waals surface area (Å²) in [4.78, 5) is 28.3. The Bertz CT molecular complexity index is 1130. The highest BCUT2D eigenvalue weighted by atomic mass is 32.2. The van der Waals surface area contributed by atoms with Gasteiger partial charge in [-0.1, -0.05) is 35.2 Å². The number of esters is 1. The molecule has 0 saturated carbocycles. The lowest BCUT2D eigenvalue weighted by Crippen LogP contribution is -2.46. The van der Waals surface area contributed by atoms with Gasteiger partial charge in [-0.25, -0.2) is 4.79 Å². The number of benzene rings is 2. The summed E-state index contributed by atoms with van der Waals surface area (Å²) < 4.78 is 10.9. The van der Waals surface area contributed by atoms with Gasteiger partial charge in [-0.2, -0.15) is 0 Å². The first-order valence-corrected chi connectivity index (χ1v) is 12.4. The van der Waals surface area contributed by atoms with Gasteiger partial charge < -0.3 is 24.6 Å². The molecule has 3 aromatic rings. The van der Waals surface area contributed by atoms with Crippen LogP contribution in [-0.4, -0.2) is 68.2 Å². The Balaban J connectivity index is 1.25. The molecule has 34 heavy (non-hydrogen) atoms. The Hall–Kier alpha value is -3.31. The molecule has 4 rings (SSSR count). The number of hydrogen-bond donors (Lipinski definition) is 1. The zero-order chi connectivity index (χ0) is 23.9. The molecule has 1 aliphatic heterocycles. The Morgan fingerprint density at radius 3 is 2.41 bits per heavy atom. The molecular formula is C23H25N5O4S2. The van der Waals surface area contributed by atoms with E-state index in [4.69, 9.17) is 4.74 Å². The van der Waals surface area contributed by atoms with Gasteiger partial charge in [-0.15, -0.1) is 10.2 Å². The van der Waals surface area contributed by atoms with Gasteiger partial charge in [-0.05, 0) is 36.4 Å². The fraction of sp³-hybridized carbons (Fsp3) is 0.304. The molecule has 178 valence electrons. The van der Waals surface area contributed by atoms with Crippen LogP contribution >= 0.6 is 23.1 Å². The Kier molecular flexibility index (Phi) is 7.86. The molecule has 2 heterocycles. The minimum Gasteiger partial charge on any atom is -0.495 e. The molecule has 0 spiro atoms. The van der Waals surface area contributed by atoms with Crippen LogP contribution in [0.5, 0.6) is 5.75 Å². The molecule has 0 unspecified atom stereocenters. The smallest absolute Gasteiger partial charge is 0.337 e. The van der Waals surface area contributed by atoms with E-state index >= 15 is 0 Å². The van der Waals surface area contributed by atoms with Crippen LogP contribution in [0.15, 0.2) is 52.9 Å². The minimum absolute atomic E-state index is 0.155. The highest BCUT2D eigenvalue weighted by Crippen LogP contribution is 2.31. The Morgan fingerprint density at radius 1 is 1.00 bits per heavy atom. The Labute approximate surface area is 206 Å². The van der Waals surface area contributed by atoms with Crippen molar-refractivity contribution in [2.75, 3.05) is 61.3 Å². The van der Waals surface area contributed by atoms with E-state index < -0.39 is 5.97 Å². The molecule has 0 bridgehead atoms. The summed E-state index contributed by atoms with van der Waals surface area (Å²) in [5, 5.41) is 12.2. The fourth-order valence-electron chi connectivity index (χ4n) is 3.55. The van der Waals surface area contributed by atoms with Gasteiger partial charge in [0.2, 0.25) is 11.0 Å². The number of para-hydroxylation sites is 2. The molecule has 0 aliphatic carbocycles. The number of ether oxygens (including phenoxy) is 2. The van der Waals surface area contributed by atoms with Gasteiger partial charge in [0.1, 0.15) is 5.75 Å². The van der Waals surface area contributed by atoms with Crippen molar-refractivity contribution in [3.8, 4) is 5.75 Å². The third kappa shape index (κ3) is 5.78. The first kappa shape index (κ1) is 23.8. The lowest BCUT2D eigenvalue weighted by atomic mass is 10.2. The second-order valence-electron chi connectivity index (χ2n) is 7.40. The molecule has 11 heteroatoms. The number of anilines is 3. The van der Waals surface area contributed by atoms with E-state index in [-0.39, 0.29) is 11.7 Å². The van der Waals surface area contributed by atoms with E-state index in [1.54, 1.807) is 31.4 Å². The molecule has 9 nitrogen and oxygen atoms in total. The van der Waals surface area contributed by atoms with E-state index in [1.165, 1.54) is 30.2 Å². The maximum absolute atomic E-state index is 12.3. The van der Waals surface area contributed by atoms with E-state index in [0.717, 1.165) is 47.1 Å². The number of carbonyl (C=O) groups excluding carboxylic acids is 2. The number of carbonyl (C=O) groups is 2. The van der Waals surface area contributed by atoms with Crippen LogP contribution in [0.3, 0.4) is 0 Å². The summed E-state index contributed by atoms with van der Waals surface area (Å²) >= 11 is 2.84. The lowest BCUT2D eigenvalue weighted by Gasteiger charge is -2.36. The molecule has 1 amide bonds. The van der Waals surface area contributed by atoms with Crippen molar-refractivity contribution in [2.24, 2.45) is 0 Å². The normalized spacial score (nSPS) is 13.5. The summed E-state index contributed by atoms with van der Waals surface area (Å²) in [6, 6.07) is 14.6. The molecule has 1 saturated heterocycles. The van der Waals surface area contributed by atoms with Crippen LogP contribution in [-0.2, 0) is 9.53 Å². The maximum atomic E-state index is 12.3. The first-order valence-electron chi connectivity index (χ1n) is 10.6. The third-order valence-electron chi connectivity index (χ3n) is 5.29. The molecule has 0 radical (unpaired) electrons. The van der Waals surface area contributed by atoms with E-state index in [1.807, 2.05) is 18.2 Å². The average molecular weight is 500 g/mol. The number of nitrogens with one attached hydrogen (secondary N) is 1. The number of hydrogen-bond acceptors (Lipinski definition) is 10. The van der Waals surface area contributed by atoms with Gasteiger partial charge in [-0.3, -0.25) is 4.79 Å². The molecule has 1 fully saturated rings. The van der Waals surface area contributed by atoms with Crippen molar-refractivity contribution < 1.29 is 19.1 Å². The van der Waals surface area contributed by atoms with E-state index in [9.17, 15) is 9.59 Å². The van der Waals surface area contributed by atoms with Crippen LogP contribution in [0.25, 0.3) is 0 Å². The van der Waals surface area contributed by atoms with Crippen molar-refractivity contribution in [2.45, 2.75) is 4.34 Å².